The van der Waals surface area contributed by atoms with Crippen LogP contribution in [-0.4, -0.2) is 31.6 Å². The highest BCUT2D eigenvalue weighted by Gasteiger charge is 2.16. The van der Waals surface area contributed by atoms with E-state index in [9.17, 15) is 4.79 Å². The van der Waals surface area contributed by atoms with Gasteiger partial charge in [-0.25, -0.2) is 0 Å². The second kappa shape index (κ2) is 6.95. The van der Waals surface area contributed by atoms with Crippen LogP contribution in [0, 0.1) is 0 Å². The molecule has 0 unspecified atom stereocenters. The standard InChI is InChI=1S/C15H22ClN3O/c1-11(2)18-10-12-9-13(16)3-4-14(12)19-7-5-15(20)17-6-8-19/h3-4,9,11,18H,5-8,10H2,1-2H3,(H,17,20). The molecule has 1 heterocycles. The molecule has 1 saturated heterocycles. The van der Waals surface area contributed by atoms with E-state index >= 15 is 0 Å². The maximum Gasteiger partial charge on any atom is 0.221 e. The largest absolute Gasteiger partial charge is 0.369 e. The van der Waals surface area contributed by atoms with Gasteiger partial charge in [0.2, 0.25) is 5.91 Å². The first-order valence-corrected chi connectivity index (χ1v) is 7.47. The van der Waals surface area contributed by atoms with E-state index in [1.165, 1.54) is 11.3 Å². The van der Waals surface area contributed by atoms with Crippen molar-refractivity contribution < 1.29 is 4.79 Å². The van der Waals surface area contributed by atoms with Crippen LogP contribution in [0.4, 0.5) is 5.69 Å². The molecule has 1 aromatic rings. The van der Waals surface area contributed by atoms with E-state index in [1.54, 1.807) is 0 Å². The Morgan fingerprint density at radius 1 is 1.40 bits per heavy atom. The normalized spacial score (nSPS) is 16.2. The third kappa shape index (κ3) is 4.12. The van der Waals surface area contributed by atoms with Gasteiger partial charge in [0.05, 0.1) is 0 Å². The lowest BCUT2D eigenvalue weighted by Gasteiger charge is -2.25. The maximum absolute atomic E-state index is 11.4. The van der Waals surface area contributed by atoms with Gasteiger partial charge in [-0.1, -0.05) is 25.4 Å². The first kappa shape index (κ1) is 15.1. The summed E-state index contributed by atoms with van der Waals surface area (Å²) < 4.78 is 0. The maximum atomic E-state index is 11.4. The molecule has 5 heteroatoms. The van der Waals surface area contributed by atoms with Crippen LogP contribution in [0.1, 0.15) is 25.8 Å². The zero-order valence-corrected chi connectivity index (χ0v) is 12.8. The van der Waals surface area contributed by atoms with E-state index in [0.29, 0.717) is 19.0 Å². The predicted molar refractivity (Wildman–Crippen MR) is 83.3 cm³/mol. The van der Waals surface area contributed by atoms with Crippen molar-refractivity contribution in [2.45, 2.75) is 32.9 Å². The fourth-order valence-electron chi connectivity index (χ4n) is 2.33. The van der Waals surface area contributed by atoms with Crippen molar-refractivity contribution in [1.82, 2.24) is 10.6 Å². The van der Waals surface area contributed by atoms with Crippen molar-refractivity contribution >= 4 is 23.2 Å². The lowest BCUT2D eigenvalue weighted by molar-refractivity contribution is -0.120. The number of hydrogen-bond donors (Lipinski definition) is 2. The minimum absolute atomic E-state index is 0.128. The van der Waals surface area contributed by atoms with Crippen molar-refractivity contribution in [3.05, 3.63) is 28.8 Å². The number of carbonyl (C=O) groups is 1. The Bertz CT molecular complexity index is 476. The molecule has 0 spiro atoms. The number of rotatable bonds is 4. The molecule has 0 atom stereocenters. The van der Waals surface area contributed by atoms with Crippen molar-refractivity contribution in [1.29, 1.82) is 0 Å². The fourth-order valence-corrected chi connectivity index (χ4v) is 2.52. The highest BCUT2D eigenvalue weighted by atomic mass is 35.5. The Morgan fingerprint density at radius 3 is 2.95 bits per heavy atom. The Kier molecular flexibility index (Phi) is 5.26. The monoisotopic (exact) mass is 295 g/mol. The number of nitrogens with one attached hydrogen (secondary N) is 2. The van der Waals surface area contributed by atoms with Gasteiger partial charge in [-0.3, -0.25) is 4.79 Å². The van der Waals surface area contributed by atoms with E-state index in [1.807, 2.05) is 12.1 Å². The molecular weight excluding hydrogens is 274 g/mol. The minimum atomic E-state index is 0.128. The summed E-state index contributed by atoms with van der Waals surface area (Å²) in [6, 6.07) is 6.40. The summed E-state index contributed by atoms with van der Waals surface area (Å²) in [6.45, 7) is 7.31. The second-order valence-electron chi connectivity index (χ2n) is 5.40. The summed E-state index contributed by atoms with van der Waals surface area (Å²) in [7, 11) is 0. The highest BCUT2D eigenvalue weighted by molar-refractivity contribution is 6.30. The Hall–Kier alpha value is -1.26. The molecule has 4 nitrogen and oxygen atoms in total. The van der Waals surface area contributed by atoms with Crippen LogP contribution in [0.2, 0.25) is 5.02 Å². The van der Waals surface area contributed by atoms with Gasteiger partial charge in [0.25, 0.3) is 0 Å². The Labute approximate surface area is 125 Å². The van der Waals surface area contributed by atoms with Gasteiger partial charge in [-0.2, -0.15) is 0 Å². The number of halogens is 1. The summed E-state index contributed by atoms with van der Waals surface area (Å²) in [5.41, 5.74) is 2.35. The summed E-state index contributed by atoms with van der Waals surface area (Å²) in [5, 5.41) is 7.08. The molecular formula is C15H22ClN3O. The molecule has 2 N–H and O–H groups in total. The molecule has 1 aliphatic heterocycles. The van der Waals surface area contributed by atoms with Crippen LogP contribution in [-0.2, 0) is 11.3 Å². The molecule has 1 aromatic carbocycles. The SMILES string of the molecule is CC(C)NCc1cc(Cl)ccc1N1CCNC(=O)CC1. The molecule has 1 aliphatic rings. The van der Waals surface area contributed by atoms with Crippen LogP contribution < -0.4 is 15.5 Å². The zero-order valence-electron chi connectivity index (χ0n) is 12.1. The van der Waals surface area contributed by atoms with Gasteiger partial charge in [0, 0.05) is 49.4 Å². The van der Waals surface area contributed by atoms with E-state index in [-0.39, 0.29) is 5.91 Å². The molecule has 1 amide bonds. The lowest BCUT2D eigenvalue weighted by Crippen LogP contribution is -2.30. The molecule has 0 saturated carbocycles. The third-order valence-corrected chi connectivity index (χ3v) is 3.63. The van der Waals surface area contributed by atoms with E-state index in [0.717, 1.165) is 24.7 Å². The average molecular weight is 296 g/mol. The minimum Gasteiger partial charge on any atom is -0.369 e. The molecule has 0 radical (unpaired) electrons. The van der Waals surface area contributed by atoms with Crippen LogP contribution in [0.25, 0.3) is 0 Å². The fraction of sp³-hybridized carbons (Fsp3) is 0.533. The molecule has 1 fully saturated rings. The van der Waals surface area contributed by atoms with Crippen LogP contribution in [0.3, 0.4) is 0 Å². The van der Waals surface area contributed by atoms with Crippen molar-refractivity contribution in [2.75, 3.05) is 24.5 Å². The molecule has 2 rings (SSSR count). The number of nitrogens with zero attached hydrogens (tertiary/aromatic N) is 1. The van der Waals surface area contributed by atoms with Gasteiger partial charge >= 0.3 is 0 Å². The topological polar surface area (TPSA) is 44.4 Å². The first-order chi connectivity index (χ1) is 9.56. The lowest BCUT2D eigenvalue weighted by atomic mass is 10.1. The first-order valence-electron chi connectivity index (χ1n) is 7.09. The van der Waals surface area contributed by atoms with E-state index < -0.39 is 0 Å². The number of benzene rings is 1. The zero-order chi connectivity index (χ0) is 14.5. The van der Waals surface area contributed by atoms with Crippen molar-refractivity contribution in [2.24, 2.45) is 0 Å². The predicted octanol–water partition coefficient (Wildman–Crippen LogP) is 2.16. The van der Waals surface area contributed by atoms with Gasteiger partial charge in [0.15, 0.2) is 0 Å². The highest BCUT2D eigenvalue weighted by Crippen LogP contribution is 2.25. The van der Waals surface area contributed by atoms with Gasteiger partial charge in [0.1, 0.15) is 0 Å². The molecule has 20 heavy (non-hydrogen) atoms. The number of anilines is 1. The van der Waals surface area contributed by atoms with Crippen LogP contribution in [0.15, 0.2) is 18.2 Å². The Morgan fingerprint density at radius 2 is 2.20 bits per heavy atom. The third-order valence-electron chi connectivity index (χ3n) is 3.40. The van der Waals surface area contributed by atoms with Gasteiger partial charge in [-0.15, -0.1) is 0 Å². The summed E-state index contributed by atoms with van der Waals surface area (Å²) in [6.07, 6.45) is 0.541. The van der Waals surface area contributed by atoms with Gasteiger partial charge in [-0.05, 0) is 23.8 Å². The molecule has 0 aliphatic carbocycles. The number of hydrogen-bond acceptors (Lipinski definition) is 3. The van der Waals surface area contributed by atoms with E-state index in [4.69, 9.17) is 11.6 Å². The number of carbonyl (C=O) groups excluding carboxylic acids is 1. The molecule has 0 aromatic heterocycles. The van der Waals surface area contributed by atoms with Crippen molar-refractivity contribution in [3.8, 4) is 0 Å². The van der Waals surface area contributed by atoms with Crippen LogP contribution >= 0.6 is 11.6 Å². The molecule has 110 valence electrons. The quantitative estimate of drug-likeness (QED) is 0.895. The van der Waals surface area contributed by atoms with E-state index in [2.05, 4.69) is 35.4 Å². The summed E-state index contributed by atoms with van der Waals surface area (Å²) in [5.74, 6) is 0.128. The smallest absolute Gasteiger partial charge is 0.221 e. The summed E-state index contributed by atoms with van der Waals surface area (Å²) >= 11 is 6.11. The van der Waals surface area contributed by atoms with Gasteiger partial charge < -0.3 is 15.5 Å². The van der Waals surface area contributed by atoms with Crippen LogP contribution in [0.5, 0.6) is 0 Å². The average Bonchev–Trinajstić information content (AvgIpc) is 2.61. The molecule has 0 bridgehead atoms. The number of amides is 1. The second-order valence-corrected chi connectivity index (χ2v) is 5.83. The van der Waals surface area contributed by atoms with Crippen molar-refractivity contribution in [3.63, 3.8) is 0 Å². The Balaban J connectivity index is 2.18. The summed E-state index contributed by atoms with van der Waals surface area (Å²) in [4.78, 5) is 13.7.